The first-order valence-electron chi connectivity index (χ1n) is 10.7. The highest BCUT2D eigenvalue weighted by Crippen LogP contribution is 2.33. The third-order valence-corrected chi connectivity index (χ3v) is 5.48. The van der Waals surface area contributed by atoms with Crippen LogP contribution in [0, 0.1) is 0 Å². The Bertz CT molecular complexity index is 1580. The van der Waals surface area contributed by atoms with Crippen LogP contribution in [0.5, 0.6) is 5.75 Å². The third kappa shape index (κ3) is 3.65. The topological polar surface area (TPSA) is 95.7 Å². The number of aromatic nitrogens is 4. The molecule has 0 radical (unpaired) electrons. The van der Waals surface area contributed by atoms with Crippen LogP contribution in [0.4, 0.5) is 0 Å². The van der Waals surface area contributed by atoms with Crippen LogP contribution < -0.4 is 10.3 Å². The largest absolute Gasteiger partial charge is 0.497 e. The molecular weight excluding hydrogens is 432 g/mol. The van der Waals surface area contributed by atoms with Gasteiger partial charge in [0.2, 0.25) is 0 Å². The molecule has 3 heterocycles. The first-order valence-corrected chi connectivity index (χ1v) is 10.7. The fourth-order valence-electron chi connectivity index (χ4n) is 3.82. The van der Waals surface area contributed by atoms with Crippen LogP contribution in [0.3, 0.4) is 0 Å². The summed E-state index contributed by atoms with van der Waals surface area (Å²) in [4.78, 5) is 38.9. The summed E-state index contributed by atoms with van der Waals surface area (Å²) in [7, 11) is 1.62. The SMILES string of the molecule is CCOC(=O)c1cnc2c3c(-c4ccccc4)cc(-c4ccc(OC)cc4)nc3ncn2c1=O. The number of nitrogens with zero attached hydrogens (tertiary/aromatic N) is 4. The van der Waals surface area contributed by atoms with E-state index >= 15 is 0 Å². The first kappa shape index (κ1) is 21.3. The van der Waals surface area contributed by atoms with Crippen molar-refractivity contribution in [2.45, 2.75) is 6.92 Å². The lowest BCUT2D eigenvalue weighted by Gasteiger charge is -2.12. The van der Waals surface area contributed by atoms with E-state index in [0.29, 0.717) is 16.7 Å². The van der Waals surface area contributed by atoms with E-state index in [9.17, 15) is 9.59 Å². The second kappa shape index (κ2) is 8.74. The molecule has 0 aliphatic carbocycles. The number of pyridine rings is 1. The molecule has 0 saturated carbocycles. The van der Waals surface area contributed by atoms with Crippen LogP contribution in [-0.2, 0) is 4.74 Å². The molecule has 0 aliphatic rings. The van der Waals surface area contributed by atoms with Crippen LogP contribution >= 0.6 is 0 Å². The summed E-state index contributed by atoms with van der Waals surface area (Å²) in [5.74, 6) is 0.0312. The van der Waals surface area contributed by atoms with Crippen molar-refractivity contribution in [2.24, 2.45) is 0 Å². The number of rotatable bonds is 5. The quantitative estimate of drug-likeness (QED) is 0.292. The van der Waals surface area contributed by atoms with Gasteiger partial charge in [0.15, 0.2) is 11.3 Å². The van der Waals surface area contributed by atoms with Crippen LogP contribution in [-0.4, -0.2) is 39.0 Å². The van der Waals surface area contributed by atoms with E-state index in [0.717, 1.165) is 28.1 Å². The van der Waals surface area contributed by atoms with Gasteiger partial charge in [0.25, 0.3) is 5.56 Å². The molecule has 2 aromatic carbocycles. The third-order valence-electron chi connectivity index (χ3n) is 5.48. The van der Waals surface area contributed by atoms with Gasteiger partial charge >= 0.3 is 5.97 Å². The molecule has 0 amide bonds. The van der Waals surface area contributed by atoms with Gasteiger partial charge in [0.05, 0.1) is 24.8 Å². The fourth-order valence-corrected chi connectivity index (χ4v) is 3.82. The average molecular weight is 452 g/mol. The van der Waals surface area contributed by atoms with Gasteiger partial charge in [-0.05, 0) is 48.4 Å². The predicted octanol–water partition coefficient (Wildman–Crippen LogP) is 4.16. The van der Waals surface area contributed by atoms with Crippen molar-refractivity contribution in [2.75, 3.05) is 13.7 Å². The maximum Gasteiger partial charge on any atom is 0.345 e. The van der Waals surface area contributed by atoms with Crippen molar-refractivity contribution < 1.29 is 14.3 Å². The van der Waals surface area contributed by atoms with Gasteiger partial charge in [-0.2, -0.15) is 0 Å². The van der Waals surface area contributed by atoms with Crippen LogP contribution in [0.15, 0.2) is 78.0 Å². The first-order chi connectivity index (χ1) is 16.6. The van der Waals surface area contributed by atoms with Crippen molar-refractivity contribution in [3.05, 3.63) is 89.1 Å². The van der Waals surface area contributed by atoms with E-state index in [2.05, 4.69) is 9.97 Å². The zero-order chi connectivity index (χ0) is 23.7. The van der Waals surface area contributed by atoms with Gasteiger partial charge < -0.3 is 9.47 Å². The predicted molar refractivity (Wildman–Crippen MR) is 128 cm³/mol. The highest BCUT2D eigenvalue weighted by molar-refractivity contribution is 6.03. The van der Waals surface area contributed by atoms with E-state index in [-0.39, 0.29) is 12.2 Å². The lowest BCUT2D eigenvalue weighted by molar-refractivity contribution is 0.0523. The monoisotopic (exact) mass is 452 g/mol. The molecule has 0 bridgehead atoms. The highest BCUT2D eigenvalue weighted by atomic mass is 16.5. The van der Waals surface area contributed by atoms with Crippen molar-refractivity contribution >= 4 is 22.6 Å². The van der Waals surface area contributed by atoms with Crippen LogP contribution in [0.1, 0.15) is 17.3 Å². The molecule has 0 spiro atoms. The Labute approximate surface area is 194 Å². The van der Waals surface area contributed by atoms with Gasteiger partial charge in [0.1, 0.15) is 17.6 Å². The Morgan fingerprint density at radius 1 is 1.00 bits per heavy atom. The molecule has 8 heteroatoms. The molecule has 0 atom stereocenters. The summed E-state index contributed by atoms with van der Waals surface area (Å²) in [5.41, 5.74) is 3.45. The van der Waals surface area contributed by atoms with E-state index < -0.39 is 11.5 Å². The minimum Gasteiger partial charge on any atom is -0.497 e. The van der Waals surface area contributed by atoms with Gasteiger partial charge in [-0.3, -0.25) is 4.79 Å². The molecule has 0 saturated heterocycles. The van der Waals surface area contributed by atoms with Crippen molar-refractivity contribution in [1.82, 2.24) is 19.4 Å². The standard InChI is InChI=1S/C26H20N4O4/c1-3-34-26(32)20-14-27-24-22-19(16-7-5-4-6-8-16)13-21(17-9-11-18(33-2)12-10-17)29-23(22)28-15-30(24)25(20)31/h4-15H,3H2,1-2H3. The maximum atomic E-state index is 13.0. The zero-order valence-electron chi connectivity index (χ0n) is 18.6. The molecule has 0 fully saturated rings. The van der Waals surface area contributed by atoms with Gasteiger partial charge in [-0.15, -0.1) is 0 Å². The summed E-state index contributed by atoms with van der Waals surface area (Å²) in [6, 6.07) is 19.3. The number of esters is 1. The van der Waals surface area contributed by atoms with E-state index in [1.54, 1.807) is 14.0 Å². The summed E-state index contributed by atoms with van der Waals surface area (Å²) in [5, 5.41) is 0.610. The number of ether oxygens (including phenoxy) is 2. The number of hydrogen-bond acceptors (Lipinski definition) is 7. The molecule has 3 aromatic heterocycles. The van der Waals surface area contributed by atoms with Crippen molar-refractivity contribution in [3.63, 3.8) is 0 Å². The van der Waals surface area contributed by atoms with Crippen molar-refractivity contribution in [3.8, 4) is 28.1 Å². The highest BCUT2D eigenvalue weighted by Gasteiger charge is 2.19. The van der Waals surface area contributed by atoms with Gasteiger partial charge in [0, 0.05) is 11.8 Å². The number of carbonyl (C=O) groups is 1. The number of carbonyl (C=O) groups excluding carboxylic acids is 1. The Morgan fingerprint density at radius 2 is 1.76 bits per heavy atom. The molecule has 0 aliphatic heterocycles. The van der Waals surface area contributed by atoms with Crippen LogP contribution in [0.25, 0.3) is 39.1 Å². The minimum atomic E-state index is -0.717. The molecule has 0 N–H and O–H groups in total. The number of hydrogen-bond donors (Lipinski definition) is 0. The second-order valence-electron chi connectivity index (χ2n) is 7.48. The Morgan fingerprint density at radius 3 is 2.47 bits per heavy atom. The molecule has 34 heavy (non-hydrogen) atoms. The smallest absolute Gasteiger partial charge is 0.345 e. The normalized spacial score (nSPS) is 11.0. The summed E-state index contributed by atoms with van der Waals surface area (Å²) in [6.45, 7) is 1.84. The number of benzene rings is 2. The maximum absolute atomic E-state index is 13.0. The minimum absolute atomic E-state index is 0.149. The Balaban J connectivity index is 1.80. The average Bonchev–Trinajstić information content (AvgIpc) is 2.88. The second-order valence-corrected chi connectivity index (χ2v) is 7.48. The summed E-state index contributed by atoms with van der Waals surface area (Å²) >= 11 is 0. The Kier molecular flexibility index (Phi) is 5.47. The lowest BCUT2D eigenvalue weighted by atomic mass is 10.00. The van der Waals surface area contributed by atoms with E-state index in [4.69, 9.17) is 14.5 Å². The molecule has 168 valence electrons. The number of fused-ring (bicyclic) bond motifs is 3. The summed E-state index contributed by atoms with van der Waals surface area (Å²) < 4.78 is 11.5. The van der Waals surface area contributed by atoms with Crippen LogP contribution in [0.2, 0.25) is 0 Å². The van der Waals surface area contributed by atoms with Crippen molar-refractivity contribution in [1.29, 1.82) is 0 Å². The zero-order valence-corrected chi connectivity index (χ0v) is 18.6. The Hall–Kier alpha value is -4.59. The molecule has 5 rings (SSSR count). The molecule has 8 nitrogen and oxygen atoms in total. The molecular formula is C26H20N4O4. The van der Waals surface area contributed by atoms with Gasteiger partial charge in [-0.1, -0.05) is 30.3 Å². The summed E-state index contributed by atoms with van der Waals surface area (Å²) in [6.07, 6.45) is 2.59. The van der Waals surface area contributed by atoms with E-state index in [1.165, 1.54) is 16.9 Å². The fraction of sp³-hybridized carbons (Fsp3) is 0.115. The number of methoxy groups -OCH3 is 1. The molecule has 0 unspecified atom stereocenters. The van der Waals surface area contributed by atoms with E-state index in [1.807, 2.05) is 60.7 Å². The lowest BCUT2D eigenvalue weighted by Crippen LogP contribution is -2.24. The molecule has 5 aromatic rings. The van der Waals surface area contributed by atoms with Gasteiger partial charge in [-0.25, -0.2) is 24.1 Å².